The molecule has 1 aromatic rings. The Morgan fingerprint density at radius 3 is 2.44 bits per heavy atom. The van der Waals surface area contributed by atoms with Crippen LogP contribution in [0.3, 0.4) is 0 Å². The van der Waals surface area contributed by atoms with E-state index in [9.17, 15) is 8.42 Å². The Bertz CT molecular complexity index is 454. The van der Waals surface area contributed by atoms with Gasteiger partial charge in [-0.2, -0.15) is 0 Å². The van der Waals surface area contributed by atoms with E-state index < -0.39 is 17.0 Å². The van der Waals surface area contributed by atoms with Gasteiger partial charge in [0.25, 0.3) is 0 Å². The summed E-state index contributed by atoms with van der Waals surface area (Å²) in [5.41, 5.74) is 0.185. The minimum absolute atomic E-state index is 0.0349. The van der Waals surface area contributed by atoms with Crippen LogP contribution in [0.4, 0.5) is 0 Å². The summed E-state index contributed by atoms with van der Waals surface area (Å²) in [5, 5.41) is 17.9. The van der Waals surface area contributed by atoms with Gasteiger partial charge in [-0.05, 0) is 23.5 Å². The van der Waals surface area contributed by atoms with Gasteiger partial charge in [0, 0.05) is 0 Å². The molecule has 4 nitrogen and oxygen atoms in total. The van der Waals surface area contributed by atoms with Crippen LogP contribution in [0.5, 0.6) is 0 Å². The Labute approximate surface area is 96.0 Å². The first-order valence-corrected chi connectivity index (χ1v) is 6.67. The maximum absolute atomic E-state index is 11.9. The molecular weight excluding hydrogens is 227 g/mol. The molecule has 0 aliphatic rings. The van der Waals surface area contributed by atoms with E-state index >= 15 is 0 Å². The molecule has 0 aliphatic heterocycles. The number of hydrogen-bond acceptors (Lipinski definition) is 4. The van der Waals surface area contributed by atoms with Gasteiger partial charge in [-0.3, -0.25) is 0 Å². The SMILES string of the molecule is CC(C)CS(=O)(=O)c1cccc(B(O)O)c1. The normalized spacial score (nSPS) is 11.8. The molecule has 1 rings (SSSR count). The maximum atomic E-state index is 11.9. The highest BCUT2D eigenvalue weighted by atomic mass is 32.2. The third-order valence-corrected chi connectivity index (χ3v) is 4.15. The Morgan fingerprint density at radius 2 is 1.94 bits per heavy atom. The highest BCUT2D eigenvalue weighted by Gasteiger charge is 2.19. The predicted molar refractivity (Wildman–Crippen MR) is 63.2 cm³/mol. The van der Waals surface area contributed by atoms with Crippen LogP contribution >= 0.6 is 0 Å². The summed E-state index contributed by atoms with van der Waals surface area (Å²) < 4.78 is 23.7. The van der Waals surface area contributed by atoms with Gasteiger partial charge >= 0.3 is 7.12 Å². The van der Waals surface area contributed by atoms with Crippen LogP contribution in [0.2, 0.25) is 0 Å². The zero-order valence-corrected chi connectivity index (χ0v) is 10.1. The first-order chi connectivity index (χ1) is 7.33. The Balaban J connectivity index is 3.09. The summed E-state index contributed by atoms with van der Waals surface area (Å²) in [4.78, 5) is 0.131. The second kappa shape index (κ2) is 4.99. The van der Waals surface area contributed by atoms with Crippen LogP contribution < -0.4 is 5.46 Å². The van der Waals surface area contributed by atoms with E-state index in [-0.39, 0.29) is 22.0 Å². The predicted octanol–water partition coefficient (Wildman–Crippen LogP) is -0.204. The largest absolute Gasteiger partial charge is 0.488 e. The third-order valence-electron chi connectivity index (χ3n) is 2.07. The minimum Gasteiger partial charge on any atom is -0.423 e. The van der Waals surface area contributed by atoms with Gasteiger partial charge in [0.15, 0.2) is 9.84 Å². The third kappa shape index (κ3) is 3.33. The molecule has 2 N–H and O–H groups in total. The summed E-state index contributed by atoms with van der Waals surface area (Å²) in [6.07, 6.45) is 0. The van der Waals surface area contributed by atoms with Crippen molar-refractivity contribution in [2.75, 3.05) is 5.75 Å². The van der Waals surface area contributed by atoms with Gasteiger partial charge in [-0.1, -0.05) is 26.0 Å². The van der Waals surface area contributed by atoms with Gasteiger partial charge in [0.05, 0.1) is 10.6 Å². The van der Waals surface area contributed by atoms with Crippen LogP contribution in [0.15, 0.2) is 29.2 Å². The summed E-state index contributed by atoms with van der Waals surface area (Å²) in [6, 6.07) is 5.73. The quantitative estimate of drug-likeness (QED) is 0.717. The van der Waals surface area contributed by atoms with E-state index in [1.165, 1.54) is 24.3 Å². The standard InChI is InChI=1S/C10H15BO4S/c1-8(2)7-16(14,15)10-5-3-4-9(6-10)11(12)13/h3-6,8,12-13H,7H2,1-2H3. The van der Waals surface area contributed by atoms with E-state index in [2.05, 4.69) is 0 Å². The number of rotatable bonds is 4. The smallest absolute Gasteiger partial charge is 0.423 e. The van der Waals surface area contributed by atoms with E-state index in [1.807, 2.05) is 13.8 Å². The molecule has 0 aromatic heterocycles. The molecule has 0 aliphatic carbocycles. The van der Waals surface area contributed by atoms with Gasteiger partial charge in [-0.25, -0.2) is 8.42 Å². The van der Waals surface area contributed by atoms with Crippen molar-refractivity contribution in [3.05, 3.63) is 24.3 Å². The summed E-state index contributed by atoms with van der Waals surface area (Å²) >= 11 is 0. The molecule has 0 amide bonds. The molecule has 0 bridgehead atoms. The molecule has 0 unspecified atom stereocenters. The lowest BCUT2D eigenvalue weighted by molar-refractivity contribution is 0.425. The molecule has 88 valence electrons. The fourth-order valence-electron chi connectivity index (χ4n) is 1.40. The zero-order valence-electron chi connectivity index (χ0n) is 9.29. The lowest BCUT2D eigenvalue weighted by Gasteiger charge is -2.08. The van der Waals surface area contributed by atoms with Crippen molar-refractivity contribution < 1.29 is 18.5 Å². The maximum Gasteiger partial charge on any atom is 0.488 e. The molecule has 0 radical (unpaired) electrons. The average molecular weight is 242 g/mol. The fourth-order valence-corrected chi connectivity index (χ4v) is 3.08. The van der Waals surface area contributed by atoms with Crippen molar-refractivity contribution in [3.8, 4) is 0 Å². The van der Waals surface area contributed by atoms with Gasteiger partial charge in [-0.15, -0.1) is 0 Å². The second-order valence-corrected chi connectivity index (χ2v) is 6.16. The number of benzene rings is 1. The second-order valence-electron chi connectivity index (χ2n) is 4.12. The summed E-state index contributed by atoms with van der Waals surface area (Å²) in [6.45, 7) is 3.64. The Hall–Kier alpha value is -0.845. The highest BCUT2D eigenvalue weighted by Crippen LogP contribution is 2.12. The topological polar surface area (TPSA) is 74.6 Å². The van der Waals surface area contributed by atoms with Crippen molar-refractivity contribution in [3.63, 3.8) is 0 Å². The minimum atomic E-state index is -3.34. The fraction of sp³-hybridized carbons (Fsp3) is 0.400. The molecule has 6 heteroatoms. The van der Waals surface area contributed by atoms with Crippen LogP contribution in [0, 0.1) is 5.92 Å². The van der Waals surface area contributed by atoms with Crippen molar-refractivity contribution in [1.82, 2.24) is 0 Å². The average Bonchev–Trinajstić information content (AvgIpc) is 2.16. The lowest BCUT2D eigenvalue weighted by Crippen LogP contribution is -2.30. The van der Waals surface area contributed by atoms with Crippen molar-refractivity contribution in [2.24, 2.45) is 5.92 Å². The van der Waals surface area contributed by atoms with E-state index in [0.29, 0.717) is 0 Å². The zero-order chi connectivity index (χ0) is 12.3. The van der Waals surface area contributed by atoms with Crippen LogP contribution in [0.25, 0.3) is 0 Å². The van der Waals surface area contributed by atoms with E-state index in [0.717, 1.165) is 0 Å². The first-order valence-electron chi connectivity index (χ1n) is 5.02. The Morgan fingerprint density at radius 1 is 1.31 bits per heavy atom. The first kappa shape index (κ1) is 13.2. The number of sulfone groups is 1. The molecule has 0 heterocycles. The summed E-state index contributed by atoms with van der Waals surface area (Å²) in [7, 11) is -4.98. The molecule has 0 saturated carbocycles. The van der Waals surface area contributed by atoms with Gasteiger partial charge < -0.3 is 10.0 Å². The van der Waals surface area contributed by atoms with Gasteiger partial charge in [0.2, 0.25) is 0 Å². The molecule has 0 atom stereocenters. The summed E-state index contributed by atoms with van der Waals surface area (Å²) in [5.74, 6) is 0.0885. The van der Waals surface area contributed by atoms with Crippen LogP contribution in [-0.4, -0.2) is 31.3 Å². The monoisotopic (exact) mass is 242 g/mol. The highest BCUT2D eigenvalue weighted by molar-refractivity contribution is 7.91. The van der Waals surface area contributed by atoms with E-state index in [4.69, 9.17) is 10.0 Å². The molecule has 1 aromatic carbocycles. The van der Waals surface area contributed by atoms with Crippen molar-refractivity contribution >= 4 is 22.4 Å². The molecule has 16 heavy (non-hydrogen) atoms. The van der Waals surface area contributed by atoms with Crippen molar-refractivity contribution in [2.45, 2.75) is 18.7 Å². The Kier molecular flexibility index (Phi) is 4.12. The van der Waals surface area contributed by atoms with Crippen LogP contribution in [0.1, 0.15) is 13.8 Å². The molecular formula is C10H15BO4S. The van der Waals surface area contributed by atoms with Crippen LogP contribution in [-0.2, 0) is 9.84 Å². The van der Waals surface area contributed by atoms with Gasteiger partial charge in [0.1, 0.15) is 0 Å². The number of hydrogen-bond donors (Lipinski definition) is 2. The lowest BCUT2D eigenvalue weighted by atomic mass is 9.80. The molecule has 0 saturated heterocycles. The van der Waals surface area contributed by atoms with Crippen molar-refractivity contribution in [1.29, 1.82) is 0 Å². The van der Waals surface area contributed by atoms with E-state index in [1.54, 1.807) is 0 Å². The molecule has 0 fully saturated rings. The molecule has 0 spiro atoms.